The van der Waals surface area contributed by atoms with Gasteiger partial charge in [0.1, 0.15) is 0 Å². The first-order chi connectivity index (χ1) is 8.13. The lowest BCUT2D eigenvalue weighted by Gasteiger charge is -2.24. The summed E-state index contributed by atoms with van der Waals surface area (Å²) in [5.41, 5.74) is 1.06. The molecule has 0 aliphatic carbocycles. The largest absolute Gasteiger partial charge is 0.378 e. The summed E-state index contributed by atoms with van der Waals surface area (Å²) in [5.74, 6) is 0. The number of hydrogen-bond donors (Lipinski definition) is 1. The van der Waals surface area contributed by atoms with Crippen molar-refractivity contribution in [3.63, 3.8) is 0 Å². The van der Waals surface area contributed by atoms with Crippen molar-refractivity contribution in [1.82, 2.24) is 10.3 Å². The molecule has 4 nitrogen and oxygen atoms in total. The summed E-state index contributed by atoms with van der Waals surface area (Å²) in [6.45, 7) is 8.97. The van der Waals surface area contributed by atoms with E-state index in [2.05, 4.69) is 31.0 Å². The van der Waals surface area contributed by atoms with E-state index in [1.54, 1.807) is 18.4 Å². The monoisotopic (exact) mass is 257 g/mol. The van der Waals surface area contributed by atoms with Crippen molar-refractivity contribution in [2.75, 3.05) is 25.6 Å². The predicted molar refractivity (Wildman–Crippen MR) is 73.7 cm³/mol. The van der Waals surface area contributed by atoms with E-state index in [-0.39, 0.29) is 0 Å². The van der Waals surface area contributed by atoms with Gasteiger partial charge < -0.3 is 15.0 Å². The maximum Gasteiger partial charge on any atom is 0.186 e. The molecule has 0 aliphatic heterocycles. The van der Waals surface area contributed by atoms with Gasteiger partial charge in [-0.05, 0) is 27.8 Å². The number of thiazole rings is 1. The highest BCUT2D eigenvalue weighted by molar-refractivity contribution is 7.15. The molecular formula is C12H23N3OS. The van der Waals surface area contributed by atoms with Gasteiger partial charge in [-0.1, -0.05) is 0 Å². The van der Waals surface area contributed by atoms with E-state index in [9.17, 15) is 0 Å². The van der Waals surface area contributed by atoms with E-state index in [1.165, 1.54) is 4.88 Å². The molecule has 0 atom stereocenters. The lowest BCUT2D eigenvalue weighted by molar-refractivity contribution is 0.181. The fourth-order valence-electron chi connectivity index (χ4n) is 1.76. The van der Waals surface area contributed by atoms with Gasteiger partial charge >= 0.3 is 0 Å². The number of rotatable bonds is 7. The molecule has 1 aromatic rings. The molecular weight excluding hydrogens is 234 g/mol. The Bertz CT molecular complexity index is 315. The van der Waals surface area contributed by atoms with Crippen LogP contribution in [-0.2, 0) is 17.9 Å². The zero-order valence-corrected chi connectivity index (χ0v) is 12.2. The summed E-state index contributed by atoms with van der Waals surface area (Å²) < 4.78 is 5.20. The second-order valence-corrected chi connectivity index (χ2v) is 5.27. The van der Waals surface area contributed by atoms with Gasteiger partial charge in [0, 0.05) is 31.1 Å². The summed E-state index contributed by atoms with van der Waals surface area (Å²) in [6, 6.07) is 0.476. The minimum absolute atomic E-state index is 0.476. The van der Waals surface area contributed by atoms with Gasteiger partial charge in [-0.25, -0.2) is 4.98 Å². The van der Waals surface area contributed by atoms with Crippen molar-refractivity contribution in [1.29, 1.82) is 0 Å². The van der Waals surface area contributed by atoms with Gasteiger partial charge in [0.25, 0.3) is 0 Å². The Balaban J connectivity index is 2.96. The van der Waals surface area contributed by atoms with Gasteiger partial charge in [-0.2, -0.15) is 0 Å². The van der Waals surface area contributed by atoms with E-state index >= 15 is 0 Å². The number of aromatic nitrogens is 1. The number of hydrogen-bond acceptors (Lipinski definition) is 5. The van der Waals surface area contributed by atoms with Crippen molar-refractivity contribution >= 4 is 16.5 Å². The SMILES string of the molecule is CCN(c1nc(COC)c(CNC)s1)C(C)C. The predicted octanol–water partition coefficient (Wildman–Crippen LogP) is 2.24. The van der Waals surface area contributed by atoms with Crippen molar-refractivity contribution < 1.29 is 4.74 Å². The highest BCUT2D eigenvalue weighted by Crippen LogP contribution is 2.28. The van der Waals surface area contributed by atoms with Gasteiger partial charge in [-0.15, -0.1) is 11.3 Å². The highest BCUT2D eigenvalue weighted by Gasteiger charge is 2.16. The lowest BCUT2D eigenvalue weighted by Crippen LogP contribution is -2.30. The first kappa shape index (κ1) is 14.4. The fraction of sp³-hybridized carbons (Fsp3) is 0.750. The van der Waals surface area contributed by atoms with Crippen LogP contribution in [0.5, 0.6) is 0 Å². The highest BCUT2D eigenvalue weighted by atomic mass is 32.1. The summed E-state index contributed by atoms with van der Waals surface area (Å²) in [6.07, 6.45) is 0. The maximum atomic E-state index is 5.20. The quantitative estimate of drug-likeness (QED) is 0.813. The average molecular weight is 257 g/mol. The number of nitrogens with zero attached hydrogens (tertiary/aromatic N) is 2. The van der Waals surface area contributed by atoms with Gasteiger partial charge in [0.15, 0.2) is 5.13 Å². The Morgan fingerprint density at radius 2 is 2.18 bits per heavy atom. The molecule has 0 unspecified atom stereocenters. The van der Waals surface area contributed by atoms with Crippen LogP contribution in [0.3, 0.4) is 0 Å². The Hall–Kier alpha value is -0.650. The zero-order valence-electron chi connectivity index (χ0n) is 11.4. The maximum absolute atomic E-state index is 5.20. The Labute approximate surface area is 108 Å². The molecule has 0 fully saturated rings. The van der Waals surface area contributed by atoms with E-state index in [1.807, 2.05) is 7.05 Å². The van der Waals surface area contributed by atoms with Crippen molar-refractivity contribution in [3.05, 3.63) is 10.6 Å². The summed E-state index contributed by atoms with van der Waals surface area (Å²) in [4.78, 5) is 8.27. The molecule has 1 rings (SSSR count). The molecule has 0 saturated heterocycles. The smallest absolute Gasteiger partial charge is 0.186 e. The van der Waals surface area contributed by atoms with Crippen LogP contribution in [0.4, 0.5) is 5.13 Å². The summed E-state index contributed by atoms with van der Waals surface area (Å²) >= 11 is 1.76. The van der Waals surface area contributed by atoms with Crippen LogP contribution in [0.25, 0.3) is 0 Å². The van der Waals surface area contributed by atoms with E-state index in [0.717, 1.165) is 23.9 Å². The second-order valence-electron chi connectivity index (χ2n) is 4.21. The van der Waals surface area contributed by atoms with Crippen molar-refractivity contribution in [2.24, 2.45) is 0 Å². The molecule has 0 spiro atoms. The molecule has 1 N–H and O–H groups in total. The minimum atomic E-state index is 0.476. The number of anilines is 1. The molecule has 0 saturated carbocycles. The Morgan fingerprint density at radius 1 is 1.47 bits per heavy atom. The van der Waals surface area contributed by atoms with Crippen LogP contribution in [0, 0.1) is 0 Å². The Morgan fingerprint density at radius 3 is 2.65 bits per heavy atom. The van der Waals surface area contributed by atoms with Crippen LogP contribution >= 0.6 is 11.3 Å². The van der Waals surface area contributed by atoms with Crippen molar-refractivity contribution in [3.8, 4) is 0 Å². The average Bonchev–Trinajstić information content (AvgIpc) is 2.63. The molecule has 98 valence electrons. The van der Waals surface area contributed by atoms with Crippen molar-refractivity contribution in [2.45, 2.75) is 40.0 Å². The normalized spacial score (nSPS) is 11.2. The summed E-state index contributed by atoms with van der Waals surface area (Å²) in [5, 5.41) is 4.28. The number of nitrogens with one attached hydrogen (secondary N) is 1. The van der Waals surface area contributed by atoms with E-state index in [0.29, 0.717) is 12.6 Å². The van der Waals surface area contributed by atoms with E-state index < -0.39 is 0 Å². The number of ether oxygens (including phenoxy) is 1. The molecule has 0 bridgehead atoms. The third-order valence-corrected chi connectivity index (χ3v) is 3.73. The molecule has 5 heteroatoms. The first-order valence-electron chi connectivity index (χ1n) is 6.02. The van der Waals surface area contributed by atoms with Crippen LogP contribution in [0.1, 0.15) is 31.3 Å². The van der Waals surface area contributed by atoms with Crippen LogP contribution in [-0.4, -0.2) is 31.7 Å². The number of methoxy groups -OCH3 is 1. The minimum Gasteiger partial charge on any atom is -0.378 e. The molecule has 1 heterocycles. The lowest BCUT2D eigenvalue weighted by atomic mass is 10.3. The molecule has 0 aromatic carbocycles. The topological polar surface area (TPSA) is 37.4 Å². The third-order valence-electron chi connectivity index (χ3n) is 2.60. The first-order valence-corrected chi connectivity index (χ1v) is 6.84. The molecule has 17 heavy (non-hydrogen) atoms. The zero-order chi connectivity index (χ0) is 12.8. The standard InChI is InChI=1S/C12H23N3OS/c1-6-15(9(2)3)12-14-10(8-16-5)11(17-12)7-13-4/h9,13H,6-8H2,1-5H3. The second kappa shape index (κ2) is 6.93. The molecule has 0 aliphatic rings. The third kappa shape index (κ3) is 3.66. The van der Waals surface area contributed by atoms with E-state index in [4.69, 9.17) is 9.72 Å². The Kier molecular flexibility index (Phi) is 5.88. The molecule has 1 aromatic heterocycles. The van der Waals surface area contributed by atoms with Crippen LogP contribution < -0.4 is 10.2 Å². The van der Waals surface area contributed by atoms with Crippen LogP contribution in [0.2, 0.25) is 0 Å². The fourth-order valence-corrected chi connectivity index (χ4v) is 3.03. The van der Waals surface area contributed by atoms with Gasteiger partial charge in [-0.3, -0.25) is 0 Å². The van der Waals surface area contributed by atoms with Gasteiger partial charge in [0.05, 0.1) is 12.3 Å². The van der Waals surface area contributed by atoms with Gasteiger partial charge in [0.2, 0.25) is 0 Å². The van der Waals surface area contributed by atoms with Crippen LogP contribution in [0.15, 0.2) is 0 Å². The summed E-state index contributed by atoms with van der Waals surface area (Å²) in [7, 11) is 3.66. The molecule has 0 amide bonds. The molecule has 0 radical (unpaired) electrons.